The van der Waals surface area contributed by atoms with E-state index in [1.165, 1.54) is 12.1 Å². The maximum atomic E-state index is 13.4. The first-order valence-corrected chi connectivity index (χ1v) is 13.6. The van der Waals surface area contributed by atoms with Crippen molar-refractivity contribution in [3.05, 3.63) is 82.9 Å². The molecule has 1 aliphatic heterocycles. The predicted octanol–water partition coefficient (Wildman–Crippen LogP) is 5.17. The van der Waals surface area contributed by atoms with Gasteiger partial charge in [0.25, 0.3) is 17.7 Å². The molecule has 3 aromatic carbocycles. The van der Waals surface area contributed by atoms with Crippen LogP contribution in [0.2, 0.25) is 0 Å². The molecule has 1 saturated heterocycles. The molecule has 0 aliphatic carbocycles. The van der Waals surface area contributed by atoms with Gasteiger partial charge in [-0.05, 0) is 80.3 Å². The number of aryl methyl sites for hydroxylation is 2. The standard InChI is InChI=1S/C32H33N3O7/c1-5-15-41-27-14-11-23(18-28(27)40-6-2)35-31(38)25(30(37)34-32(35)39)17-22-9-12-24(13-10-22)42-19-29(36)33-26-16-20(3)7-8-21(26)4/h7-14,16-18H,5-6,15,19H2,1-4H3,(H,33,36)(H,34,37,39)/b25-17+. The van der Waals surface area contributed by atoms with Gasteiger partial charge >= 0.3 is 6.03 Å². The number of anilines is 2. The van der Waals surface area contributed by atoms with Crippen LogP contribution in [0.15, 0.2) is 66.2 Å². The van der Waals surface area contributed by atoms with E-state index in [1.54, 1.807) is 36.4 Å². The first-order valence-electron chi connectivity index (χ1n) is 13.6. The minimum atomic E-state index is -0.866. The summed E-state index contributed by atoms with van der Waals surface area (Å²) in [5.41, 5.74) is 3.23. The highest BCUT2D eigenvalue weighted by Gasteiger charge is 2.37. The summed E-state index contributed by atoms with van der Waals surface area (Å²) in [5, 5.41) is 5.06. The number of rotatable bonds is 11. The van der Waals surface area contributed by atoms with Crippen LogP contribution in [-0.2, 0) is 14.4 Å². The van der Waals surface area contributed by atoms with E-state index in [4.69, 9.17) is 14.2 Å². The molecule has 1 heterocycles. The van der Waals surface area contributed by atoms with Crippen LogP contribution in [0, 0.1) is 13.8 Å². The summed E-state index contributed by atoms with van der Waals surface area (Å²) in [6.07, 6.45) is 2.18. The molecule has 4 rings (SSSR count). The normalized spacial score (nSPS) is 14.0. The van der Waals surface area contributed by atoms with Gasteiger partial charge in [0.1, 0.15) is 11.3 Å². The second-order valence-corrected chi connectivity index (χ2v) is 9.59. The molecule has 0 saturated carbocycles. The lowest BCUT2D eigenvalue weighted by molar-refractivity contribution is -0.122. The fourth-order valence-corrected chi connectivity index (χ4v) is 4.16. The van der Waals surface area contributed by atoms with E-state index in [-0.39, 0.29) is 23.8 Å². The molecule has 3 aromatic rings. The van der Waals surface area contributed by atoms with Gasteiger partial charge in [-0.15, -0.1) is 0 Å². The highest BCUT2D eigenvalue weighted by Crippen LogP contribution is 2.34. The molecule has 0 spiro atoms. The average Bonchev–Trinajstić information content (AvgIpc) is 2.96. The Kier molecular flexibility index (Phi) is 9.59. The lowest BCUT2D eigenvalue weighted by Gasteiger charge is -2.27. The van der Waals surface area contributed by atoms with Crippen LogP contribution in [-0.4, -0.2) is 43.6 Å². The van der Waals surface area contributed by atoms with Crippen LogP contribution in [0.3, 0.4) is 0 Å². The number of benzene rings is 3. The molecule has 0 atom stereocenters. The topological polar surface area (TPSA) is 123 Å². The number of urea groups is 1. The number of ether oxygens (including phenoxy) is 3. The number of amides is 5. The van der Waals surface area contributed by atoms with Gasteiger partial charge in [-0.25, -0.2) is 9.69 Å². The van der Waals surface area contributed by atoms with Crippen molar-refractivity contribution in [1.82, 2.24) is 5.32 Å². The molecule has 0 aromatic heterocycles. The number of nitrogens with one attached hydrogen (secondary N) is 2. The fraction of sp³-hybridized carbons (Fsp3) is 0.250. The maximum Gasteiger partial charge on any atom is 0.335 e. The maximum absolute atomic E-state index is 13.4. The van der Waals surface area contributed by atoms with Crippen LogP contribution in [0.25, 0.3) is 6.08 Å². The zero-order chi connectivity index (χ0) is 30.2. The van der Waals surface area contributed by atoms with E-state index in [1.807, 2.05) is 45.9 Å². The van der Waals surface area contributed by atoms with Gasteiger partial charge < -0.3 is 19.5 Å². The van der Waals surface area contributed by atoms with Crippen molar-refractivity contribution in [3.8, 4) is 17.2 Å². The number of hydrogen-bond acceptors (Lipinski definition) is 7. The van der Waals surface area contributed by atoms with Gasteiger partial charge in [0.2, 0.25) is 0 Å². The highest BCUT2D eigenvalue weighted by molar-refractivity contribution is 6.39. The third-order valence-electron chi connectivity index (χ3n) is 6.28. The van der Waals surface area contributed by atoms with Crippen LogP contribution in [0.4, 0.5) is 16.2 Å². The van der Waals surface area contributed by atoms with E-state index in [9.17, 15) is 19.2 Å². The summed E-state index contributed by atoms with van der Waals surface area (Å²) in [4.78, 5) is 51.9. The first-order chi connectivity index (χ1) is 20.2. The van der Waals surface area contributed by atoms with Gasteiger partial charge in [0.15, 0.2) is 18.1 Å². The molecule has 1 aliphatic rings. The first kappa shape index (κ1) is 29.9. The SMILES string of the molecule is CCCOc1ccc(N2C(=O)NC(=O)/C(=C\c3ccc(OCC(=O)Nc4cc(C)ccc4C)cc3)C2=O)cc1OCC. The number of barbiturate groups is 1. The van der Waals surface area contributed by atoms with Gasteiger partial charge in [0.05, 0.1) is 18.9 Å². The van der Waals surface area contributed by atoms with E-state index >= 15 is 0 Å². The van der Waals surface area contributed by atoms with Crippen LogP contribution in [0.5, 0.6) is 17.2 Å². The minimum Gasteiger partial charge on any atom is -0.490 e. The lowest BCUT2D eigenvalue weighted by Crippen LogP contribution is -2.54. The van der Waals surface area contributed by atoms with E-state index in [2.05, 4.69) is 10.6 Å². The van der Waals surface area contributed by atoms with Crippen molar-refractivity contribution in [2.75, 3.05) is 30.0 Å². The lowest BCUT2D eigenvalue weighted by atomic mass is 10.1. The molecule has 2 N–H and O–H groups in total. The predicted molar refractivity (Wildman–Crippen MR) is 159 cm³/mol. The smallest absolute Gasteiger partial charge is 0.335 e. The number of hydrogen-bond donors (Lipinski definition) is 2. The van der Waals surface area contributed by atoms with Crippen molar-refractivity contribution < 1.29 is 33.4 Å². The molecule has 10 nitrogen and oxygen atoms in total. The summed E-state index contributed by atoms with van der Waals surface area (Å²) < 4.78 is 17.0. The minimum absolute atomic E-state index is 0.197. The number of nitrogens with zero attached hydrogens (tertiary/aromatic N) is 1. The highest BCUT2D eigenvalue weighted by atomic mass is 16.5. The van der Waals surface area contributed by atoms with Crippen molar-refractivity contribution in [3.63, 3.8) is 0 Å². The Morgan fingerprint density at radius 2 is 1.67 bits per heavy atom. The molecule has 0 unspecified atom stereocenters. The summed E-state index contributed by atoms with van der Waals surface area (Å²) in [6, 6.07) is 16.2. The van der Waals surface area contributed by atoms with Gasteiger partial charge in [-0.3, -0.25) is 19.7 Å². The van der Waals surface area contributed by atoms with E-state index in [0.717, 1.165) is 28.1 Å². The number of carbonyl (C=O) groups is 4. The Morgan fingerprint density at radius 3 is 2.38 bits per heavy atom. The van der Waals surface area contributed by atoms with Crippen molar-refractivity contribution >= 4 is 41.2 Å². The molecular weight excluding hydrogens is 538 g/mol. The summed E-state index contributed by atoms with van der Waals surface area (Å²) >= 11 is 0. The molecule has 218 valence electrons. The van der Waals surface area contributed by atoms with Crippen molar-refractivity contribution in [2.24, 2.45) is 0 Å². The molecule has 5 amide bonds. The largest absolute Gasteiger partial charge is 0.490 e. The number of carbonyl (C=O) groups excluding carboxylic acids is 4. The Bertz CT molecular complexity index is 1530. The second-order valence-electron chi connectivity index (χ2n) is 9.59. The molecule has 42 heavy (non-hydrogen) atoms. The summed E-state index contributed by atoms with van der Waals surface area (Å²) in [7, 11) is 0. The van der Waals surface area contributed by atoms with Crippen LogP contribution in [0.1, 0.15) is 37.0 Å². The fourth-order valence-electron chi connectivity index (χ4n) is 4.16. The Morgan fingerprint density at radius 1 is 0.905 bits per heavy atom. The summed E-state index contributed by atoms with van der Waals surface area (Å²) in [5.74, 6) is -0.594. The Hall–Kier alpha value is -5.12. The zero-order valence-corrected chi connectivity index (χ0v) is 24.0. The third kappa shape index (κ3) is 7.14. The second kappa shape index (κ2) is 13.5. The van der Waals surface area contributed by atoms with E-state index in [0.29, 0.717) is 36.0 Å². The van der Waals surface area contributed by atoms with Crippen LogP contribution < -0.4 is 29.7 Å². The van der Waals surface area contributed by atoms with Crippen molar-refractivity contribution in [1.29, 1.82) is 0 Å². The summed E-state index contributed by atoms with van der Waals surface area (Å²) in [6.45, 7) is 8.28. The Labute approximate surface area is 244 Å². The van der Waals surface area contributed by atoms with Crippen LogP contribution >= 0.6 is 0 Å². The average molecular weight is 572 g/mol. The molecule has 10 heteroatoms. The Balaban J connectivity index is 1.46. The van der Waals surface area contributed by atoms with E-state index < -0.39 is 17.8 Å². The number of imide groups is 2. The molecular formula is C32H33N3O7. The van der Waals surface area contributed by atoms with Gasteiger partial charge in [-0.2, -0.15) is 0 Å². The van der Waals surface area contributed by atoms with Gasteiger partial charge in [-0.1, -0.05) is 31.2 Å². The molecule has 0 bridgehead atoms. The zero-order valence-electron chi connectivity index (χ0n) is 24.0. The van der Waals surface area contributed by atoms with Crippen molar-refractivity contribution in [2.45, 2.75) is 34.1 Å². The van der Waals surface area contributed by atoms with Gasteiger partial charge in [0, 0.05) is 11.8 Å². The monoisotopic (exact) mass is 571 g/mol. The molecule has 0 radical (unpaired) electrons. The molecule has 1 fully saturated rings. The quantitative estimate of drug-likeness (QED) is 0.240. The third-order valence-corrected chi connectivity index (χ3v) is 6.28.